The quantitative estimate of drug-likeness (QED) is 0.900. The van der Waals surface area contributed by atoms with E-state index in [1.807, 2.05) is 0 Å². The molecule has 19 heavy (non-hydrogen) atoms. The molecule has 1 aliphatic carbocycles. The number of halogens is 1. The van der Waals surface area contributed by atoms with Crippen molar-refractivity contribution >= 4 is 29.7 Å². The lowest BCUT2D eigenvalue weighted by Crippen LogP contribution is -2.33. The van der Waals surface area contributed by atoms with E-state index in [0.29, 0.717) is 12.0 Å². The fourth-order valence-corrected chi connectivity index (χ4v) is 3.92. The average molecular weight is 301 g/mol. The van der Waals surface area contributed by atoms with Gasteiger partial charge in [0, 0.05) is 10.8 Å². The van der Waals surface area contributed by atoms with E-state index >= 15 is 0 Å². The number of rotatable bonds is 3. The highest BCUT2D eigenvalue weighted by atomic mass is 35.5. The Hall–Kier alpha value is -0.580. The molecule has 0 radical (unpaired) electrons. The van der Waals surface area contributed by atoms with Crippen LogP contribution in [0.1, 0.15) is 29.7 Å². The smallest absolute Gasteiger partial charge is 0.223 e. The topological polar surface area (TPSA) is 41.1 Å². The predicted molar refractivity (Wildman–Crippen MR) is 80.8 cm³/mol. The first-order valence-corrected chi connectivity index (χ1v) is 7.61. The number of hydrogen-bond acceptors (Lipinski definition) is 3. The van der Waals surface area contributed by atoms with E-state index in [0.717, 1.165) is 19.5 Å². The van der Waals surface area contributed by atoms with Gasteiger partial charge in [0.25, 0.3) is 0 Å². The van der Waals surface area contributed by atoms with Crippen LogP contribution in [0.4, 0.5) is 0 Å². The van der Waals surface area contributed by atoms with Crippen LogP contribution < -0.4 is 10.6 Å². The number of hydrogen-bond donors (Lipinski definition) is 2. The van der Waals surface area contributed by atoms with Crippen LogP contribution in [0.5, 0.6) is 0 Å². The van der Waals surface area contributed by atoms with Crippen LogP contribution in [0, 0.1) is 18.3 Å². The number of amides is 1. The Morgan fingerprint density at radius 3 is 2.89 bits per heavy atom. The summed E-state index contributed by atoms with van der Waals surface area (Å²) >= 11 is 1.73. The van der Waals surface area contributed by atoms with E-state index in [-0.39, 0.29) is 24.2 Å². The van der Waals surface area contributed by atoms with Gasteiger partial charge in [-0.3, -0.25) is 4.79 Å². The summed E-state index contributed by atoms with van der Waals surface area (Å²) in [5.41, 5.74) is 1.63. The molecule has 1 spiro atoms. The Morgan fingerprint density at radius 1 is 1.53 bits per heavy atom. The second kappa shape index (κ2) is 5.81. The minimum atomic E-state index is 0. The Balaban J connectivity index is 0.00000133. The number of nitrogens with one attached hydrogen (secondary N) is 2. The predicted octanol–water partition coefficient (Wildman–Crippen LogP) is 2.48. The zero-order valence-corrected chi connectivity index (χ0v) is 12.8. The average Bonchev–Trinajstić information content (AvgIpc) is 2.90. The van der Waals surface area contributed by atoms with Crippen molar-refractivity contribution in [3.05, 3.63) is 21.9 Å². The highest BCUT2D eigenvalue weighted by Gasteiger charge is 2.57. The molecule has 1 saturated heterocycles. The van der Waals surface area contributed by atoms with E-state index in [2.05, 4.69) is 29.0 Å². The third kappa shape index (κ3) is 2.96. The molecule has 0 aromatic carbocycles. The van der Waals surface area contributed by atoms with Gasteiger partial charge >= 0.3 is 0 Å². The van der Waals surface area contributed by atoms with Crippen molar-refractivity contribution in [2.45, 2.75) is 32.7 Å². The molecule has 1 atom stereocenters. The van der Waals surface area contributed by atoms with Crippen molar-refractivity contribution in [3.8, 4) is 0 Å². The molecule has 5 heteroatoms. The molecular weight excluding hydrogens is 280 g/mol. The molecule has 1 saturated carbocycles. The molecule has 1 unspecified atom stereocenters. The number of thiophene rings is 1. The van der Waals surface area contributed by atoms with E-state index < -0.39 is 0 Å². The summed E-state index contributed by atoms with van der Waals surface area (Å²) in [6.45, 7) is 4.96. The van der Waals surface area contributed by atoms with Gasteiger partial charge in [-0.15, -0.1) is 23.7 Å². The first kappa shape index (κ1) is 14.8. The molecule has 1 aromatic heterocycles. The van der Waals surface area contributed by atoms with Crippen molar-refractivity contribution < 1.29 is 4.79 Å². The summed E-state index contributed by atoms with van der Waals surface area (Å²) in [6, 6.07) is 2.11. The Morgan fingerprint density at radius 2 is 2.26 bits per heavy atom. The van der Waals surface area contributed by atoms with Crippen LogP contribution in [0.2, 0.25) is 0 Å². The molecule has 1 aliphatic heterocycles. The van der Waals surface area contributed by atoms with Crippen molar-refractivity contribution in [3.63, 3.8) is 0 Å². The van der Waals surface area contributed by atoms with Gasteiger partial charge in [0.1, 0.15) is 0 Å². The molecule has 1 aromatic rings. The maximum absolute atomic E-state index is 12.2. The SMILES string of the molecule is Cc1ccsc1CNC(=O)C1CC12CCNCC2.Cl. The molecule has 2 heterocycles. The Bertz CT molecular complexity index is 454. The van der Waals surface area contributed by atoms with Crippen LogP contribution in [-0.2, 0) is 11.3 Å². The number of piperidine rings is 1. The zero-order valence-electron chi connectivity index (χ0n) is 11.2. The molecule has 3 rings (SSSR count). The van der Waals surface area contributed by atoms with Gasteiger partial charge in [0.05, 0.1) is 6.54 Å². The summed E-state index contributed by atoms with van der Waals surface area (Å²) in [7, 11) is 0. The second-order valence-corrected chi connectivity index (χ2v) is 6.61. The second-order valence-electron chi connectivity index (χ2n) is 5.61. The largest absolute Gasteiger partial charge is 0.351 e. The standard InChI is InChI=1S/C14H20N2OS.ClH/c1-10-2-7-18-12(10)9-16-13(17)11-8-14(11)3-5-15-6-4-14;/h2,7,11,15H,3-6,8-9H2,1H3,(H,16,17);1H. The summed E-state index contributed by atoms with van der Waals surface area (Å²) in [4.78, 5) is 13.4. The van der Waals surface area contributed by atoms with Crippen LogP contribution in [0.15, 0.2) is 11.4 Å². The van der Waals surface area contributed by atoms with E-state index in [4.69, 9.17) is 0 Å². The molecule has 2 fully saturated rings. The monoisotopic (exact) mass is 300 g/mol. The highest BCUT2D eigenvalue weighted by Crippen LogP contribution is 2.58. The van der Waals surface area contributed by atoms with Gasteiger partial charge in [-0.2, -0.15) is 0 Å². The van der Waals surface area contributed by atoms with Crippen LogP contribution in [-0.4, -0.2) is 19.0 Å². The lowest BCUT2D eigenvalue weighted by atomic mass is 9.92. The molecule has 106 valence electrons. The Kier molecular flexibility index (Phi) is 4.54. The van der Waals surface area contributed by atoms with Gasteiger partial charge in [-0.1, -0.05) is 0 Å². The van der Waals surface area contributed by atoms with E-state index in [9.17, 15) is 4.79 Å². The lowest BCUT2D eigenvalue weighted by Gasteiger charge is -2.23. The molecular formula is C14H21ClN2OS. The number of carbonyl (C=O) groups is 1. The Labute approximate surface area is 124 Å². The van der Waals surface area contributed by atoms with Crippen LogP contribution in [0.25, 0.3) is 0 Å². The zero-order chi connectivity index (χ0) is 12.6. The van der Waals surface area contributed by atoms with Crippen LogP contribution >= 0.6 is 23.7 Å². The summed E-state index contributed by atoms with van der Waals surface area (Å²) < 4.78 is 0. The summed E-state index contributed by atoms with van der Waals surface area (Å²) in [5.74, 6) is 0.546. The van der Waals surface area contributed by atoms with Gasteiger partial charge in [-0.25, -0.2) is 0 Å². The molecule has 0 bridgehead atoms. The summed E-state index contributed by atoms with van der Waals surface area (Å²) in [6.07, 6.45) is 3.44. The highest BCUT2D eigenvalue weighted by molar-refractivity contribution is 7.10. The van der Waals surface area contributed by atoms with Crippen LogP contribution in [0.3, 0.4) is 0 Å². The lowest BCUT2D eigenvalue weighted by molar-refractivity contribution is -0.123. The number of carbonyl (C=O) groups excluding carboxylic acids is 1. The normalized spacial score (nSPS) is 23.7. The number of aryl methyl sites for hydroxylation is 1. The van der Waals surface area contributed by atoms with Gasteiger partial charge in [-0.05, 0) is 61.7 Å². The maximum Gasteiger partial charge on any atom is 0.223 e. The third-order valence-corrected chi connectivity index (χ3v) is 5.52. The fraction of sp³-hybridized carbons (Fsp3) is 0.643. The minimum Gasteiger partial charge on any atom is -0.351 e. The van der Waals surface area contributed by atoms with Crippen molar-refractivity contribution in [2.75, 3.05) is 13.1 Å². The fourth-order valence-electron chi connectivity index (χ4n) is 3.07. The van der Waals surface area contributed by atoms with Gasteiger partial charge in [0.2, 0.25) is 5.91 Å². The molecule has 1 amide bonds. The van der Waals surface area contributed by atoms with E-state index in [1.54, 1.807) is 11.3 Å². The van der Waals surface area contributed by atoms with E-state index in [1.165, 1.54) is 23.3 Å². The first-order valence-electron chi connectivity index (χ1n) is 6.73. The summed E-state index contributed by atoms with van der Waals surface area (Å²) in [5, 5.41) is 8.57. The third-order valence-electron chi connectivity index (χ3n) is 4.50. The molecule has 3 nitrogen and oxygen atoms in total. The maximum atomic E-state index is 12.2. The first-order chi connectivity index (χ1) is 8.71. The molecule has 2 N–H and O–H groups in total. The van der Waals surface area contributed by atoms with Crippen molar-refractivity contribution in [1.29, 1.82) is 0 Å². The van der Waals surface area contributed by atoms with Crippen molar-refractivity contribution in [1.82, 2.24) is 10.6 Å². The minimum absolute atomic E-state index is 0. The molecule has 2 aliphatic rings. The van der Waals surface area contributed by atoms with Gasteiger partial charge < -0.3 is 10.6 Å². The van der Waals surface area contributed by atoms with Gasteiger partial charge in [0.15, 0.2) is 0 Å². The van der Waals surface area contributed by atoms with Crippen molar-refractivity contribution in [2.24, 2.45) is 11.3 Å².